The molecule has 1 aliphatic rings. The smallest absolute Gasteiger partial charge is 0.331 e. The summed E-state index contributed by atoms with van der Waals surface area (Å²) in [7, 11) is 4.70. The molecular weight excluding hydrogens is 522 g/mol. The first-order valence-corrected chi connectivity index (χ1v) is 15.4. The third kappa shape index (κ3) is 10.8. The molecule has 8 nitrogen and oxygen atoms in total. The number of hydrogen-bond donors (Lipinski definition) is 2. The lowest BCUT2D eigenvalue weighted by atomic mass is 9.79. The van der Waals surface area contributed by atoms with Gasteiger partial charge < -0.3 is 29.4 Å². The lowest BCUT2D eigenvalue weighted by Gasteiger charge is -2.37. The van der Waals surface area contributed by atoms with Gasteiger partial charge in [-0.05, 0) is 74.0 Å². The Balaban J connectivity index is 2.01. The summed E-state index contributed by atoms with van der Waals surface area (Å²) in [6.07, 6.45) is 6.89. The molecule has 0 aliphatic heterocycles. The molecular formula is C33H55NO7. The molecule has 1 aliphatic carbocycles. The number of amides is 1. The van der Waals surface area contributed by atoms with Gasteiger partial charge in [0.25, 0.3) is 0 Å². The maximum absolute atomic E-state index is 13.4. The molecule has 2 rings (SSSR count). The summed E-state index contributed by atoms with van der Waals surface area (Å²) in [6, 6.07) is 6.08. The van der Waals surface area contributed by atoms with E-state index in [2.05, 4.69) is 31.3 Å². The van der Waals surface area contributed by atoms with Gasteiger partial charge in [-0.15, -0.1) is 0 Å². The third-order valence-corrected chi connectivity index (χ3v) is 8.60. The molecule has 1 amide bonds. The summed E-state index contributed by atoms with van der Waals surface area (Å²) < 4.78 is 21.7. The second-order valence-electron chi connectivity index (χ2n) is 12.3. The third-order valence-electron chi connectivity index (χ3n) is 8.60. The van der Waals surface area contributed by atoms with E-state index in [1.165, 1.54) is 12.7 Å². The highest BCUT2D eigenvalue weighted by atomic mass is 16.5. The predicted molar refractivity (Wildman–Crippen MR) is 161 cm³/mol. The van der Waals surface area contributed by atoms with Crippen LogP contribution in [0.3, 0.4) is 0 Å². The number of nitrogens with one attached hydrogen (secondary N) is 1. The summed E-state index contributed by atoms with van der Waals surface area (Å²) in [5.74, 6) is 1.34. The van der Waals surface area contributed by atoms with E-state index in [1.807, 2.05) is 19.9 Å². The van der Waals surface area contributed by atoms with Gasteiger partial charge in [0.2, 0.25) is 5.91 Å². The number of hydrogen-bond acceptors (Lipinski definition) is 7. The maximum Gasteiger partial charge on any atom is 0.331 e. The fourth-order valence-electron chi connectivity index (χ4n) is 5.88. The lowest BCUT2D eigenvalue weighted by Crippen LogP contribution is -2.58. The van der Waals surface area contributed by atoms with E-state index in [1.54, 1.807) is 14.2 Å². The molecule has 0 bridgehead atoms. The standard InChI is InChI=1S/C33H55NO7/c1-23(2)26(20-25-12-15-29(39-6)30(21-25)41-19-11-18-38-5)13-14-27(35)22-28(24(3)4)31(36)34-33(32(37)40-7)16-9-8-10-17-33/h12,15,21,23-24,26-28,35H,8-11,13-14,16-20,22H2,1-7H3,(H,34,36)/t26-,27-,28+/m1/s1. The van der Waals surface area contributed by atoms with Crippen molar-refractivity contribution in [2.24, 2.45) is 23.7 Å². The van der Waals surface area contributed by atoms with Gasteiger partial charge >= 0.3 is 5.97 Å². The average Bonchev–Trinajstić information content (AvgIpc) is 2.95. The Morgan fingerprint density at radius 2 is 1.66 bits per heavy atom. The first kappa shape index (κ1) is 34.9. The van der Waals surface area contributed by atoms with Gasteiger partial charge in [0.05, 0.1) is 26.9 Å². The van der Waals surface area contributed by atoms with Crippen LogP contribution in [-0.2, 0) is 25.5 Å². The first-order chi connectivity index (χ1) is 19.6. The zero-order chi connectivity index (χ0) is 30.4. The number of carbonyl (C=O) groups is 2. The number of esters is 1. The van der Waals surface area contributed by atoms with E-state index >= 15 is 0 Å². The number of ether oxygens (including phenoxy) is 4. The van der Waals surface area contributed by atoms with E-state index in [4.69, 9.17) is 18.9 Å². The van der Waals surface area contributed by atoms with Gasteiger partial charge in [0.1, 0.15) is 5.54 Å². The van der Waals surface area contributed by atoms with Crippen molar-refractivity contribution in [3.8, 4) is 11.5 Å². The highest BCUT2D eigenvalue weighted by Gasteiger charge is 2.43. The van der Waals surface area contributed by atoms with Crippen molar-refractivity contribution >= 4 is 11.9 Å². The molecule has 0 heterocycles. The van der Waals surface area contributed by atoms with Crippen molar-refractivity contribution in [3.63, 3.8) is 0 Å². The van der Waals surface area contributed by atoms with E-state index in [-0.39, 0.29) is 23.7 Å². The molecule has 41 heavy (non-hydrogen) atoms. The molecule has 0 spiro atoms. The Kier molecular flexibility index (Phi) is 15.0. The van der Waals surface area contributed by atoms with Crippen molar-refractivity contribution in [1.29, 1.82) is 0 Å². The Hall–Kier alpha value is -2.32. The largest absolute Gasteiger partial charge is 0.493 e. The van der Waals surface area contributed by atoms with Crippen LogP contribution in [0, 0.1) is 23.7 Å². The van der Waals surface area contributed by atoms with Crippen molar-refractivity contribution in [2.75, 3.05) is 34.5 Å². The zero-order valence-corrected chi connectivity index (χ0v) is 26.5. The van der Waals surface area contributed by atoms with Gasteiger partial charge in [0, 0.05) is 26.1 Å². The van der Waals surface area contributed by atoms with Crippen molar-refractivity contribution < 1.29 is 33.6 Å². The number of methoxy groups -OCH3 is 3. The van der Waals surface area contributed by atoms with Gasteiger partial charge in [-0.25, -0.2) is 4.79 Å². The Bertz CT molecular complexity index is 926. The van der Waals surface area contributed by atoms with Crippen LogP contribution in [0.2, 0.25) is 0 Å². The van der Waals surface area contributed by atoms with Crippen molar-refractivity contribution in [3.05, 3.63) is 23.8 Å². The fourth-order valence-corrected chi connectivity index (χ4v) is 5.88. The molecule has 8 heteroatoms. The molecule has 0 aromatic heterocycles. The molecule has 1 aromatic rings. The second-order valence-corrected chi connectivity index (χ2v) is 12.3. The molecule has 1 aromatic carbocycles. The molecule has 1 fully saturated rings. The summed E-state index contributed by atoms with van der Waals surface area (Å²) in [5, 5.41) is 14.1. The van der Waals surface area contributed by atoms with Crippen LogP contribution in [0.25, 0.3) is 0 Å². The maximum atomic E-state index is 13.4. The Morgan fingerprint density at radius 3 is 2.24 bits per heavy atom. The fraction of sp³-hybridized carbons (Fsp3) is 0.758. The van der Waals surface area contributed by atoms with Crippen molar-refractivity contribution in [1.82, 2.24) is 5.32 Å². The van der Waals surface area contributed by atoms with E-state index < -0.39 is 11.6 Å². The van der Waals surface area contributed by atoms with Crippen molar-refractivity contribution in [2.45, 2.75) is 104 Å². The van der Waals surface area contributed by atoms with Crippen LogP contribution in [0.5, 0.6) is 11.5 Å². The summed E-state index contributed by atoms with van der Waals surface area (Å²) >= 11 is 0. The minimum absolute atomic E-state index is 0.0328. The molecule has 1 saturated carbocycles. The molecule has 0 radical (unpaired) electrons. The van der Waals surface area contributed by atoms with Crippen LogP contribution >= 0.6 is 0 Å². The van der Waals surface area contributed by atoms with E-state index in [0.717, 1.165) is 44.3 Å². The monoisotopic (exact) mass is 577 g/mol. The first-order valence-electron chi connectivity index (χ1n) is 15.4. The second kappa shape index (κ2) is 17.6. The number of rotatable bonds is 18. The Morgan fingerprint density at radius 1 is 0.951 bits per heavy atom. The summed E-state index contributed by atoms with van der Waals surface area (Å²) in [6.45, 7) is 9.62. The topological polar surface area (TPSA) is 103 Å². The zero-order valence-electron chi connectivity index (χ0n) is 26.5. The number of benzene rings is 1. The molecule has 3 atom stereocenters. The van der Waals surface area contributed by atoms with Gasteiger partial charge in [-0.3, -0.25) is 4.79 Å². The molecule has 2 N–H and O–H groups in total. The predicted octanol–water partition coefficient (Wildman–Crippen LogP) is 5.72. The highest BCUT2D eigenvalue weighted by Crippen LogP contribution is 2.33. The molecule has 234 valence electrons. The lowest BCUT2D eigenvalue weighted by molar-refractivity contribution is -0.153. The summed E-state index contributed by atoms with van der Waals surface area (Å²) in [5.41, 5.74) is 0.219. The molecule has 0 unspecified atom stereocenters. The van der Waals surface area contributed by atoms with Crippen LogP contribution in [0.15, 0.2) is 18.2 Å². The van der Waals surface area contributed by atoms with Gasteiger partial charge in [-0.1, -0.05) is 53.0 Å². The molecule has 0 saturated heterocycles. The number of aliphatic hydroxyl groups is 1. The average molecular weight is 578 g/mol. The van der Waals surface area contributed by atoms with Crippen LogP contribution in [-0.4, -0.2) is 63.2 Å². The minimum atomic E-state index is -0.949. The highest BCUT2D eigenvalue weighted by molar-refractivity contribution is 5.89. The van der Waals surface area contributed by atoms with Gasteiger partial charge in [0.15, 0.2) is 11.5 Å². The number of aliphatic hydroxyl groups excluding tert-OH is 1. The van der Waals surface area contributed by atoms with Crippen LogP contribution in [0.4, 0.5) is 0 Å². The summed E-state index contributed by atoms with van der Waals surface area (Å²) in [4.78, 5) is 26.1. The minimum Gasteiger partial charge on any atom is -0.493 e. The SMILES string of the molecule is COCCCOc1cc(C[C@@H](CC[C@@H](O)C[C@H](C(=O)NC2(C(=O)OC)CCCCC2)C(C)C)C(C)C)ccc1OC. The quantitative estimate of drug-likeness (QED) is 0.170. The van der Waals surface area contributed by atoms with Crippen LogP contribution in [0.1, 0.15) is 91.0 Å². The normalized spacial score (nSPS) is 17.1. The Labute approximate surface area is 247 Å². The number of carbonyl (C=O) groups excluding carboxylic acids is 2. The van der Waals surface area contributed by atoms with Gasteiger partial charge in [-0.2, -0.15) is 0 Å². The van der Waals surface area contributed by atoms with Crippen LogP contribution < -0.4 is 14.8 Å². The van der Waals surface area contributed by atoms with E-state index in [9.17, 15) is 14.7 Å². The van der Waals surface area contributed by atoms with E-state index in [0.29, 0.717) is 56.5 Å².